The number of likely N-dealkylation sites (N-methyl/N-ethyl adjacent to an activating group) is 1. The van der Waals surface area contributed by atoms with Gasteiger partial charge in [-0.2, -0.15) is 0 Å². The average molecular weight is 626 g/mol. The van der Waals surface area contributed by atoms with Crippen LogP contribution < -0.4 is 20.7 Å². The van der Waals surface area contributed by atoms with Crippen LogP contribution >= 0.6 is 11.6 Å². The lowest BCUT2D eigenvalue weighted by molar-refractivity contribution is 0.101. The summed E-state index contributed by atoms with van der Waals surface area (Å²) in [6, 6.07) is 13.5. The van der Waals surface area contributed by atoms with Crippen LogP contribution in [0.3, 0.4) is 0 Å². The molecule has 1 atom stereocenters. The SMILES string of the molecule is COc1cc(-c2cccc(-c3cccc(NC(=O)c4nc5c(n4C)CCN(C)C5)c3Cl)c2C)ncc1CN[C@@H]1CCNC1=C=O. The lowest BCUT2D eigenvalue weighted by Crippen LogP contribution is -2.29. The van der Waals surface area contributed by atoms with Crippen molar-refractivity contribution in [1.29, 1.82) is 0 Å². The van der Waals surface area contributed by atoms with Crippen molar-refractivity contribution >= 4 is 29.1 Å². The van der Waals surface area contributed by atoms with E-state index in [-0.39, 0.29) is 11.9 Å². The molecule has 10 nitrogen and oxygen atoms in total. The van der Waals surface area contributed by atoms with Crippen molar-refractivity contribution in [3.05, 3.63) is 87.7 Å². The summed E-state index contributed by atoms with van der Waals surface area (Å²) in [5.41, 5.74) is 8.40. The van der Waals surface area contributed by atoms with Gasteiger partial charge in [0.25, 0.3) is 5.91 Å². The highest BCUT2D eigenvalue weighted by Crippen LogP contribution is 2.39. The predicted molar refractivity (Wildman–Crippen MR) is 175 cm³/mol. The van der Waals surface area contributed by atoms with Crippen LogP contribution in [0.25, 0.3) is 22.4 Å². The Kier molecular flexibility index (Phi) is 8.74. The van der Waals surface area contributed by atoms with Crippen LogP contribution in [-0.2, 0) is 31.4 Å². The first-order chi connectivity index (χ1) is 21.8. The van der Waals surface area contributed by atoms with Gasteiger partial charge < -0.3 is 30.2 Å². The summed E-state index contributed by atoms with van der Waals surface area (Å²) in [4.78, 5) is 36.2. The molecule has 0 aliphatic carbocycles. The number of nitrogens with one attached hydrogen (secondary N) is 3. The van der Waals surface area contributed by atoms with Crippen LogP contribution in [0.15, 0.2) is 54.4 Å². The van der Waals surface area contributed by atoms with Crippen molar-refractivity contribution in [1.82, 2.24) is 30.1 Å². The second-order valence-corrected chi connectivity index (χ2v) is 11.9. The number of methoxy groups -OCH3 is 1. The van der Waals surface area contributed by atoms with Gasteiger partial charge in [-0.05, 0) is 37.6 Å². The van der Waals surface area contributed by atoms with Crippen LogP contribution in [0.4, 0.5) is 5.69 Å². The molecule has 0 unspecified atom stereocenters. The van der Waals surface area contributed by atoms with E-state index >= 15 is 0 Å². The molecule has 0 spiro atoms. The highest BCUT2D eigenvalue weighted by atomic mass is 35.5. The third kappa shape index (κ3) is 5.98. The van der Waals surface area contributed by atoms with Crippen molar-refractivity contribution in [2.24, 2.45) is 7.05 Å². The summed E-state index contributed by atoms with van der Waals surface area (Å²) in [5, 5.41) is 9.90. The van der Waals surface area contributed by atoms with E-state index in [4.69, 9.17) is 21.3 Å². The second-order valence-electron chi connectivity index (χ2n) is 11.5. The van der Waals surface area contributed by atoms with Gasteiger partial charge in [-0.3, -0.25) is 9.78 Å². The number of anilines is 1. The molecule has 2 aliphatic rings. The number of pyridine rings is 1. The Bertz CT molecular complexity index is 1830. The predicted octanol–water partition coefficient (Wildman–Crippen LogP) is 4.53. The van der Waals surface area contributed by atoms with Crippen LogP contribution in [0, 0.1) is 6.92 Å². The summed E-state index contributed by atoms with van der Waals surface area (Å²) >= 11 is 6.96. The molecule has 2 aromatic carbocycles. The van der Waals surface area contributed by atoms with E-state index in [1.165, 1.54) is 0 Å². The highest BCUT2D eigenvalue weighted by molar-refractivity contribution is 6.36. The van der Waals surface area contributed by atoms with Gasteiger partial charge in [-0.1, -0.05) is 41.9 Å². The summed E-state index contributed by atoms with van der Waals surface area (Å²) in [6.07, 6.45) is 3.48. The quantitative estimate of drug-likeness (QED) is 0.245. The number of halogens is 1. The van der Waals surface area contributed by atoms with Crippen molar-refractivity contribution < 1.29 is 14.3 Å². The Morgan fingerprint density at radius 3 is 2.76 bits per heavy atom. The third-order valence-corrected chi connectivity index (χ3v) is 9.11. The van der Waals surface area contributed by atoms with Crippen molar-refractivity contribution in [2.45, 2.75) is 38.9 Å². The van der Waals surface area contributed by atoms with E-state index in [0.29, 0.717) is 34.5 Å². The fraction of sp³-hybridized carbons (Fsp3) is 0.324. The van der Waals surface area contributed by atoms with E-state index in [2.05, 4.69) is 32.9 Å². The summed E-state index contributed by atoms with van der Waals surface area (Å²) < 4.78 is 7.61. The number of ether oxygens (including phenoxy) is 1. The number of benzene rings is 2. The fourth-order valence-corrected chi connectivity index (χ4v) is 6.46. The van der Waals surface area contributed by atoms with Gasteiger partial charge in [0.05, 0.1) is 35.2 Å². The molecule has 11 heteroatoms. The lowest BCUT2D eigenvalue weighted by atomic mass is 9.94. The Balaban J connectivity index is 1.25. The first-order valence-electron chi connectivity index (χ1n) is 15.0. The van der Waals surface area contributed by atoms with Crippen molar-refractivity contribution in [2.75, 3.05) is 32.6 Å². The Morgan fingerprint density at radius 2 is 1.96 bits per heavy atom. The molecule has 1 amide bonds. The van der Waals surface area contributed by atoms with Crippen molar-refractivity contribution in [3.63, 3.8) is 0 Å². The minimum absolute atomic E-state index is 0.0628. The first-order valence-corrected chi connectivity index (χ1v) is 15.3. The molecule has 2 aromatic heterocycles. The number of hydrogen-bond acceptors (Lipinski definition) is 8. The molecule has 0 saturated carbocycles. The third-order valence-electron chi connectivity index (χ3n) is 8.71. The van der Waals surface area contributed by atoms with Gasteiger partial charge in [-0.25, -0.2) is 9.78 Å². The maximum Gasteiger partial charge on any atom is 0.291 e. The largest absolute Gasteiger partial charge is 0.496 e. The molecule has 0 radical (unpaired) electrons. The molecule has 0 bridgehead atoms. The smallest absolute Gasteiger partial charge is 0.291 e. The van der Waals surface area contributed by atoms with E-state index in [1.54, 1.807) is 19.4 Å². The molecule has 6 rings (SSSR count). The van der Waals surface area contributed by atoms with Gasteiger partial charge in [0.15, 0.2) is 5.82 Å². The van der Waals surface area contributed by atoms with Crippen LogP contribution in [-0.4, -0.2) is 64.6 Å². The molecular formula is C34H36ClN7O3. The first kappa shape index (κ1) is 30.6. The number of fused-ring (bicyclic) bond motifs is 1. The standard InChI is InChI=1S/C34H36ClN7O3/c1-20-22(7-5-8-23(20)27-15-31(45-4)21(17-38-27)16-37-25-11-13-36-29(25)19-43)24-9-6-10-26(32(24)35)40-34(44)33-39-28-18-41(2)14-12-30(28)42(33)3/h5-10,15,17,25,36-37H,11-14,16,18H2,1-4H3,(H,40,44)/t25-/m1/s1. The van der Waals surface area contributed by atoms with E-state index in [1.807, 2.05) is 60.9 Å². The molecule has 1 fully saturated rings. The summed E-state index contributed by atoms with van der Waals surface area (Å²) in [7, 11) is 5.58. The van der Waals surface area contributed by atoms with E-state index < -0.39 is 0 Å². The van der Waals surface area contributed by atoms with Gasteiger partial charge in [0.2, 0.25) is 0 Å². The lowest BCUT2D eigenvalue weighted by Gasteiger charge is -2.21. The van der Waals surface area contributed by atoms with Gasteiger partial charge in [-0.15, -0.1) is 0 Å². The van der Waals surface area contributed by atoms with E-state index in [0.717, 1.165) is 77.4 Å². The number of carbonyl (C=O) groups is 1. The minimum atomic E-state index is -0.299. The minimum Gasteiger partial charge on any atom is -0.496 e. The molecule has 45 heavy (non-hydrogen) atoms. The number of rotatable bonds is 8. The van der Waals surface area contributed by atoms with Gasteiger partial charge >= 0.3 is 0 Å². The molecule has 1 saturated heterocycles. The maximum atomic E-state index is 13.4. The fourth-order valence-electron chi connectivity index (χ4n) is 6.18. The van der Waals surface area contributed by atoms with Crippen LogP contribution in [0.5, 0.6) is 5.75 Å². The normalized spacial score (nSPS) is 16.2. The zero-order chi connectivity index (χ0) is 31.7. The second kappa shape index (κ2) is 12.9. The monoisotopic (exact) mass is 625 g/mol. The molecule has 2 aliphatic heterocycles. The Morgan fingerprint density at radius 1 is 1.18 bits per heavy atom. The number of aromatic nitrogens is 3. The van der Waals surface area contributed by atoms with Crippen molar-refractivity contribution in [3.8, 4) is 28.1 Å². The van der Waals surface area contributed by atoms with Crippen LogP contribution in [0.2, 0.25) is 5.02 Å². The van der Waals surface area contributed by atoms with Gasteiger partial charge in [0.1, 0.15) is 17.4 Å². The number of hydrogen-bond donors (Lipinski definition) is 3. The number of imidazole rings is 1. The number of nitrogens with zero attached hydrogens (tertiary/aromatic N) is 4. The topological polar surface area (TPSA) is 113 Å². The summed E-state index contributed by atoms with van der Waals surface area (Å²) in [5.74, 6) is 2.75. The number of amides is 1. The molecule has 4 aromatic rings. The molecule has 232 valence electrons. The zero-order valence-corrected chi connectivity index (χ0v) is 26.6. The molecular weight excluding hydrogens is 590 g/mol. The van der Waals surface area contributed by atoms with Gasteiger partial charge in [0, 0.05) is 74.3 Å². The Hall–Kier alpha value is -4.47. The van der Waals surface area contributed by atoms with E-state index in [9.17, 15) is 9.59 Å². The number of carbonyl (C=O) groups excluding carboxylic acids is 2. The average Bonchev–Trinajstić information content (AvgIpc) is 3.64. The zero-order valence-electron chi connectivity index (χ0n) is 25.8. The highest BCUT2D eigenvalue weighted by Gasteiger charge is 2.25. The molecule has 4 heterocycles. The molecule has 3 N–H and O–H groups in total. The maximum absolute atomic E-state index is 13.4. The summed E-state index contributed by atoms with van der Waals surface area (Å²) in [6.45, 7) is 4.93. The Labute approximate surface area is 267 Å². The van der Waals surface area contributed by atoms with Crippen LogP contribution in [0.1, 0.15) is 39.6 Å².